The minimum Gasteiger partial charge on any atom is -0.454 e. The Kier molecular flexibility index (Phi) is 4.04. The Balaban J connectivity index is 1.45. The Morgan fingerprint density at radius 1 is 1.32 bits per heavy atom. The lowest BCUT2D eigenvalue weighted by atomic mass is 10.0. The number of rotatable bonds is 6. The van der Waals surface area contributed by atoms with E-state index < -0.39 is 6.04 Å². The first kappa shape index (κ1) is 15.9. The molecule has 1 aromatic heterocycles. The molecule has 8 nitrogen and oxygen atoms in total. The highest BCUT2D eigenvalue weighted by molar-refractivity contribution is 5.83. The molecular weight excluding hydrogens is 324 g/mol. The van der Waals surface area contributed by atoms with Crippen LogP contribution in [0.4, 0.5) is 0 Å². The van der Waals surface area contributed by atoms with Crippen LogP contribution in [-0.2, 0) is 11.3 Å². The molecule has 1 N–H and O–H groups in total. The number of nitrogens with one attached hydrogen (secondary N) is 1. The van der Waals surface area contributed by atoms with E-state index in [0.29, 0.717) is 23.3 Å². The van der Waals surface area contributed by atoms with Gasteiger partial charge in [-0.15, -0.1) is 0 Å². The van der Waals surface area contributed by atoms with Crippen LogP contribution in [0.3, 0.4) is 0 Å². The van der Waals surface area contributed by atoms with Gasteiger partial charge in [-0.1, -0.05) is 11.2 Å². The molecule has 0 spiro atoms. The summed E-state index contributed by atoms with van der Waals surface area (Å²) in [5.74, 6) is 2.80. The second kappa shape index (κ2) is 6.36. The smallest absolute Gasteiger partial charge is 0.246 e. The van der Waals surface area contributed by atoms with Crippen molar-refractivity contribution in [2.24, 2.45) is 0 Å². The fourth-order valence-corrected chi connectivity index (χ4v) is 2.87. The van der Waals surface area contributed by atoms with Crippen LogP contribution in [0.25, 0.3) is 0 Å². The molecule has 2 heterocycles. The maximum absolute atomic E-state index is 12.7. The van der Waals surface area contributed by atoms with Crippen LogP contribution in [-0.4, -0.2) is 41.8 Å². The van der Waals surface area contributed by atoms with E-state index in [4.69, 9.17) is 14.0 Å². The van der Waals surface area contributed by atoms with Crippen molar-refractivity contribution in [1.29, 1.82) is 0 Å². The van der Waals surface area contributed by atoms with Gasteiger partial charge in [-0.05, 0) is 44.6 Å². The number of carbonyl (C=O) groups is 1. The molecule has 1 amide bonds. The first-order valence-electron chi connectivity index (χ1n) is 8.28. The lowest BCUT2D eigenvalue weighted by Gasteiger charge is -2.23. The molecule has 1 aliphatic heterocycles. The van der Waals surface area contributed by atoms with E-state index in [9.17, 15) is 4.79 Å². The molecule has 0 saturated heterocycles. The second-order valence-corrected chi connectivity index (χ2v) is 6.52. The number of hydrogen-bond acceptors (Lipinski definition) is 7. The minimum absolute atomic E-state index is 0.143. The Labute approximate surface area is 145 Å². The molecule has 1 atom stereocenters. The molecule has 25 heavy (non-hydrogen) atoms. The molecule has 132 valence electrons. The van der Waals surface area contributed by atoms with E-state index in [1.165, 1.54) is 0 Å². The number of benzene rings is 1. The molecule has 1 aromatic carbocycles. The Morgan fingerprint density at radius 2 is 2.12 bits per heavy atom. The molecule has 2 aliphatic rings. The summed E-state index contributed by atoms with van der Waals surface area (Å²) in [6.45, 7) is 0.422. The first-order valence-corrected chi connectivity index (χ1v) is 8.28. The average Bonchev–Trinajstić information content (AvgIpc) is 3.15. The summed E-state index contributed by atoms with van der Waals surface area (Å²) in [5, 5.41) is 6.83. The van der Waals surface area contributed by atoms with Crippen LogP contribution in [0.15, 0.2) is 22.7 Å². The monoisotopic (exact) mass is 344 g/mol. The van der Waals surface area contributed by atoms with E-state index in [1.807, 2.05) is 37.2 Å². The Morgan fingerprint density at radius 3 is 2.88 bits per heavy atom. The van der Waals surface area contributed by atoms with Gasteiger partial charge in [0.25, 0.3) is 0 Å². The summed E-state index contributed by atoms with van der Waals surface area (Å²) in [4.78, 5) is 18.9. The van der Waals surface area contributed by atoms with Gasteiger partial charge in [0.2, 0.25) is 18.6 Å². The van der Waals surface area contributed by atoms with Crippen LogP contribution in [0.1, 0.15) is 42.1 Å². The van der Waals surface area contributed by atoms with Gasteiger partial charge in [0.05, 0.1) is 6.54 Å². The highest BCUT2D eigenvalue weighted by Crippen LogP contribution is 2.38. The zero-order valence-electron chi connectivity index (χ0n) is 14.2. The number of aromatic nitrogens is 2. The van der Waals surface area contributed by atoms with Gasteiger partial charge in [-0.25, -0.2) is 0 Å². The zero-order valence-corrected chi connectivity index (χ0v) is 14.2. The predicted molar refractivity (Wildman–Crippen MR) is 87.1 cm³/mol. The van der Waals surface area contributed by atoms with Crippen molar-refractivity contribution < 1.29 is 18.8 Å². The first-order chi connectivity index (χ1) is 12.1. The zero-order chi connectivity index (χ0) is 17.4. The van der Waals surface area contributed by atoms with Crippen LogP contribution >= 0.6 is 0 Å². The lowest BCUT2D eigenvalue weighted by molar-refractivity contribution is -0.126. The van der Waals surface area contributed by atoms with Gasteiger partial charge in [-0.2, -0.15) is 4.98 Å². The van der Waals surface area contributed by atoms with Gasteiger partial charge in [0, 0.05) is 5.92 Å². The summed E-state index contributed by atoms with van der Waals surface area (Å²) in [6.07, 6.45) is 2.22. The summed E-state index contributed by atoms with van der Waals surface area (Å²) in [7, 11) is 3.71. The number of carbonyl (C=O) groups excluding carboxylic acids is 1. The number of fused-ring (bicyclic) bond motifs is 1. The maximum atomic E-state index is 12.7. The van der Waals surface area contributed by atoms with Crippen LogP contribution in [0, 0.1) is 0 Å². The fourth-order valence-electron chi connectivity index (χ4n) is 2.87. The third-order valence-corrected chi connectivity index (χ3v) is 4.32. The van der Waals surface area contributed by atoms with Crippen molar-refractivity contribution in [3.8, 4) is 11.5 Å². The van der Waals surface area contributed by atoms with E-state index in [0.717, 1.165) is 24.2 Å². The Hall–Kier alpha value is -2.61. The van der Waals surface area contributed by atoms with Gasteiger partial charge >= 0.3 is 0 Å². The average molecular weight is 344 g/mol. The quantitative estimate of drug-likeness (QED) is 0.851. The van der Waals surface area contributed by atoms with Crippen molar-refractivity contribution >= 4 is 5.91 Å². The van der Waals surface area contributed by atoms with E-state index in [2.05, 4.69) is 15.5 Å². The normalized spacial score (nSPS) is 16.9. The van der Waals surface area contributed by atoms with Crippen LogP contribution in [0.5, 0.6) is 11.5 Å². The number of ether oxygens (including phenoxy) is 2. The third kappa shape index (κ3) is 3.30. The third-order valence-electron chi connectivity index (χ3n) is 4.32. The SMILES string of the molecule is CN(C)[C@H](C(=O)NCc1nc(C2CC2)no1)c1ccc2c(c1)OCO2. The number of hydrogen-bond donors (Lipinski definition) is 1. The van der Waals surface area contributed by atoms with Crippen LogP contribution < -0.4 is 14.8 Å². The highest BCUT2D eigenvalue weighted by Gasteiger charge is 2.29. The largest absolute Gasteiger partial charge is 0.454 e. The van der Waals surface area contributed by atoms with E-state index in [-0.39, 0.29) is 19.2 Å². The molecule has 0 bridgehead atoms. The topological polar surface area (TPSA) is 89.7 Å². The molecule has 2 aromatic rings. The maximum Gasteiger partial charge on any atom is 0.246 e. The summed E-state index contributed by atoms with van der Waals surface area (Å²) < 4.78 is 15.9. The van der Waals surface area contributed by atoms with Gasteiger partial charge in [-0.3, -0.25) is 9.69 Å². The highest BCUT2D eigenvalue weighted by atomic mass is 16.7. The summed E-state index contributed by atoms with van der Waals surface area (Å²) in [5.41, 5.74) is 0.830. The standard InChI is InChI=1S/C17H20N4O4/c1-21(2)15(11-5-6-12-13(7-11)24-9-23-12)17(22)18-8-14-19-16(20-25-14)10-3-4-10/h5-7,10,15H,3-4,8-9H2,1-2H3,(H,18,22)/t15-/m0/s1. The van der Waals surface area contributed by atoms with Crippen molar-refractivity contribution in [3.05, 3.63) is 35.5 Å². The molecule has 1 aliphatic carbocycles. The number of likely N-dealkylation sites (N-methyl/N-ethyl adjacent to an activating group) is 1. The molecule has 8 heteroatoms. The Bertz CT molecular complexity index is 785. The molecular formula is C17H20N4O4. The molecule has 0 radical (unpaired) electrons. The van der Waals surface area contributed by atoms with Crippen molar-refractivity contribution in [2.45, 2.75) is 31.3 Å². The predicted octanol–water partition coefficient (Wildman–Crippen LogP) is 1.59. The van der Waals surface area contributed by atoms with Crippen LogP contribution in [0.2, 0.25) is 0 Å². The van der Waals surface area contributed by atoms with E-state index >= 15 is 0 Å². The molecule has 4 rings (SSSR count). The van der Waals surface area contributed by atoms with E-state index in [1.54, 1.807) is 0 Å². The van der Waals surface area contributed by atoms with Crippen molar-refractivity contribution in [3.63, 3.8) is 0 Å². The fraction of sp³-hybridized carbons (Fsp3) is 0.471. The number of nitrogens with zero attached hydrogens (tertiary/aromatic N) is 3. The minimum atomic E-state index is -0.458. The lowest BCUT2D eigenvalue weighted by Crippen LogP contribution is -2.36. The van der Waals surface area contributed by atoms with Crippen molar-refractivity contribution in [1.82, 2.24) is 20.4 Å². The van der Waals surface area contributed by atoms with Gasteiger partial charge in [0.1, 0.15) is 6.04 Å². The molecule has 0 unspecified atom stereocenters. The molecule has 1 fully saturated rings. The number of amides is 1. The summed E-state index contributed by atoms with van der Waals surface area (Å²) in [6, 6.07) is 5.07. The summed E-state index contributed by atoms with van der Waals surface area (Å²) >= 11 is 0. The van der Waals surface area contributed by atoms with Gasteiger partial charge < -0.3 is 19.3 Å². The molecule has 1 saturated carbocycles. The van der Waals surface area contributed by atoms with Crippen molar-refractivity contribution in [2.75, 3.05) is 20.9 Å². The van der Waals surface area contributed by atoms with Gasteiger partial charge in [0.15, 0.2) is 17.3 Å². The second-order valence-electron chi connectivity index (χ2n) is 6.52.